The van der Waals surface area contributed by atoms with Gasteiger partial charge in [0.15, 0.2) is 11.5 Å². The van der Waals surface area contributed by atoms with Crippen molar-refractivity contribution >= 4 is 11.9 Å². The third kappa shape index (κ3) is 1.88. The van der Waals surface area contributed by atoms with Gasteiger partial charge in [-0.3, -0.25) is 10.1 Å². The van der Waals surface area contributed by atoms with E-state index in [0.717, 1.165) is 0 Å². The fourth-order valence-electron chi connectivity index (χ4n) is 1.76. The Kier molecular flexibility index (Phi) is 2.60. The van der Waals surface area contributed by atoms with Crippen LogP contribution >= 0.6 is 0 Å². The van der Waals surface area contributed by atoms with E-state index in [4.69, 9.17) is 9.47 Å². The molecular weight excluding hydrogens is 234 g/mol. The summed E-state index contributed by atoms with van der Waals surface area (Å²) >= 11 is 0. The zero-order valence-corrected chi connectivity index (χ0v) is 9.47. The molecule has 0 saturated carbocycles. The number of hydrogen-bond donors (Lipinski definition) is 2. The van der Waals surface area contributed by atoms with Gasteiger partial charge in [-0.1, -0.05) is 6.07 Å². The number of carbonyl (C=O) groups is 1. The first-order chi connectivity index (χ1) is 8.84. The monoisotopic (exact) mass is 245 g/mol. The van der Waals surface area contributed by atoms with Gasteiger partial charge in [-0.25, -0.2) is 4.98 Å². The number of carbonyl (C=O) groups excluding carboxylic acids is 1. The number of aromatic nitrogens is 2. The maximum atomic E-state index is 12.1. The van der Waals surface area contributed by atoms with Crippen molar-refractivity contribution in [3.63, 3.8) is 0 Å². The Morgan fingerprint density at radius 2 is 2.22 bits per heavy atom. The number of benzene rings is 1. The van der Waals surface area contributed by atoms with Crippen LogP contribution in [0.2, 0.25) is 0 Å². The Morgan fingerprint density at radius 1 is 1.33 bits per heavy atom. The molecule has 0 fully saturated rings. The second kappa shape index (κ2) is 4.40. The lowest BCUT2D eigenvalue weighted by atomic mass is 10.1. The molecule has 92 valence electrons. The van der Waals surface area contributed by atoms with E-state index >= 15 is 0 Å². The van der Waals surface area contributed by atoms with Crippen LogP contribution in [0.4, 0.5) is 5.95 Å². The number of anilines is 1. The van der Waals surface area contributed by atoms with Crippen LogP contribution in [0.15, 0.2) is 30.6 Å². The first-order valence-corrected chi connectivity index (χ1v) is 5.54. The highest BCUT2D eigenvalue weighted by Gasteiger charge is 2.20. The molecule has 1 aromatic carbocycles. The second-order valence-electron chi connectivity index (χ2n) is 3.72. The predicted molar refractivity (Wildman–Crippen MR) is 64.0 cm³/mol. The smallest absolute Gasteiger partial charge is 0.261 e. The van der Waals surface area contributed by atoms with Gasteiger partial charge in [0.1, 0.15) is 13.2 Å². The van der Waals surface area contributed by atoms with E-state index in [1.54, 1.807) is 30.6 Å². The molecule has 1 amide bonds. The molecule has 0 bridgehead atoms. The van der Waals surface area contributed by atoms with Crippen molar-refractivity contribution in [2.75, 3.05) is 18.5 Å². The Labute approximate surface area is 103 Å². The van der Waals surface area contributed by atoms with E-state index in [1.807, 2.05) is 0 Å². The lowest BCUT2D eigenvalue weighted by molar-refractivity contribution is 0.101. The van der Waals surface area contributed by atoms with Crippen molar-refractivity contribution in [2.24, 2.45) is 0 Å². The van der Waals surface area contributed by atoms with E-state index in [-0.39, 0.29) is 5.91 Å². The van der Waals surface area contributed by atoms with Crippen molar-refractivity contribution in [1.82, 2.24) is 9.97 Å². The number of fused-ring (bicyclic) bond motifs is 1. The molecule has 0 atom stereocenters. The van der Waals surface area contributed by atoms with E-state index in [2.05, 4.69) is 15.3 Å². The molecule has 2 N–H and O–H groups in total. The zero-order valence-electron chi connectivity index (χ0n) is 9.47. The maximum absolute atomic E-state index is 12.1. The van der Waals surface area contributed by atoms with Crippen molar-refractivity contribution in [3.05, 3.63) is 36.2 Å². The van der Waals surface area contributed by atoms with Gasteiger partial charge < -0.3 is 14.5 Å². The first kappa shape index (κ1) is 10.6. The number of nitrogens with zero attached hydrogens (tertiary/aromatic N) is 1. The minimum atomic E-state index is -0.285. The van der Waals surface area contributed by atoms with Gasteiger partial charge in [0.2, 0.25) is 5.95 Å². The minimum Gasteiger partial charge on any atom is -0.486 e. The SMILES string of the molecule is O=C(Nc1ncc[nH]1)c1cccc2c1OCCO2. The predicted octanol–water partition coefficient (Wildman–Crippen LogP) is 1.43. The summed E-state index contributed by atoms with van der Waals surface area (Å²) in [5.74, 6) is 1.18. The lowest BCUT2D eigenvalue weighted by Gasteiger charge is -2.20. The van der Waals surface area contributed by atoms with Gasteiger partial charge in [-0.15, -0.1) is 0 Å². The normalized spacial score (nSPS) is 13.1. The quantitative estimate of drug-likeness (QED) is 0.839. The van der Waals surface area contributed by atoms with Crippen LogP contribution < -0.4 is 14.8 Å². The molecule has 0 radical (unpaired) electrons. The van der Waals surface area contributed by atoms with E-state index in [1.165, 1.54) is 0 Å². The molecule has 6 heteroatoms. The van der Waals surface area contributed by atoms with Gasteiger partial charge >= 0.3 is 0 Å². The zero-order chi connectivity index (χ0) is 12.4. The Bertz CT molecular complexity index is 566. The van der Waals surface area contributed by atoms with Crippen LogP contribution in [-0.2, 0) is 0 Å². The number of amides is 1. The number of para-hydroxylation sites is 1. The topological polar surface area (TPSA) is 76.2 Å². The molecule has 6 nitrogen and oxygen atoms in total. The standard InChI is InChI=1S/C12H11N3O3/c16-11(15-12-13-4-5-14-12)8-2-1-3-9-10(8)18-7-6-17-9/h1-5H,6-7H2,(H2,13,14,15,16). The van der Waals surface area contributed by atoms with Gasteiger partial charge in [0.05, 0.1) is 5.56 Å². The van der Waals surface area contributed by atoms with Crippen molar-refractivity contribution in [3.8, 4) is 11.5 Å². The van der Waals surface area contributed by atoms with Crippen LogP contribution in [0.5, 0.6) is 11.5 Å². The highest BCUT2D eigenvalue weighted by Crippen LogP contribution is 2.33. The van der Waals surface area contributed by atoms with Gasteiger partial charge in [0, 0.05) is 12.4 Å². The van der Waals surface area contributed by atoms with E-state index < -0.39 is 0 Å². The molecule has 0 saturated heterocycles. The molecule has 18 heavy (non-hydrogen) atoms. The summed E-state index contributed by atoms with van der Waals surface area (Å²) < 4.78 is 10.9. The highest BCUT2D eigenvalue weighted by molar-refractivity contribution is 6.05. The number of rotatable bonds is 2. The molecule has 0 spiro atoms. The van der Waals surface area contributed by atoms with Crippen molar-refractivity contribution in [1.29, 1.82) is 0 Å². The summed E-state index contributed by atoms with van der Waals surface area (Å²) in [7, 11) is 0. The molecule has 1 aliphatic heterocycles. The highest BCUT2D eigenvalue weighted by atomic mass is 16.6. The largest absolute Gasteiger partial charge is 0.486 e. The molecule has 3 rings (SSSR count). The van der Waals surface area contributed by atoms with Crippen LogP contribution in [0.1, 0.15) is 10.4 Å². The summed E-state index contributed by atoms with van der Waals surface area (Å²) in [4.78, 5) is 18.8. The fourth-order valence-corrected chi connectivity index (χ4v) is 1.76. The number of ether oxygens (including phenoxy) is 2. The van der Waals surface area contributed by atoms with Crippen LogP contribution in [0, 0.1) is 0 Å². The summed E-state index contributed by atoms with van der Waals surface area (Å²) in [6.07, 6.45) is 3.20. The Balaban J connectivity index is 1.89. The average molecular weight is 245 g/mol. The molecule has 1 aromatic heterocycles. The maximum Gasteiger partial charge on any atom is 0.261 e. The Morgan fingerprint density at radius 3 is 3.06 bits per heavy atom. The molecule has 2 aromatic rings. The molecule has 1 aliphatic rings. The molecule has 2 heterocycles. The number of aromatic amines is 1. The number of nitrogens with one attached hydrogen (secondary N) is 2. The van der Waals surface area contributed by atoms with Crippen molar-refractivity contribution in [2.45, 2.75) is 0 Å². The number of H-pyrrole nitrogens is 1. The first-order valence-electron chi connectivity index (χ1n) is 5.54. The number of hydrogen-bond acceptors (Lipinski definition) is 4. The molecule has 0 unspecified atom stereocenters. The second-order valence-corrected chi connectivity index (χ2v) is 3.72. The van der Waals surface area contributed by atoms with Crippen LogP contribution in [0.3, 0.4) is 0 Å². The van der Waals surface area contributed by atoms with E-state index in [0.29, 0.717) is 36.2 Å². The summed E-state index contributed by atoms with van der Waals surface area (Å²) in [5, 5.41) is 2.65. The third-order valence-electron chi connectivity index (χ3n) is 2.54. The lowest BCUT2D eigenvalue weighted by Crippen LogP contribution is -2.20. The van der Waals surface area contributed by atoms with E-state index in [9.17, 15) is 4.79 Å². The van der Waals surface area contributed by atoms with Crippen molar-refractivity contribution < 1.29 is 14.3 Å². The molecule has 0 aliphatic carbocycles. The Hall–Kier alpha value is -2.50. The number of imidazole rings is 1. The summed E-state index contributed by atoms with van der Waals surface area (Å²) in [5.41, 5.74) is 0.434. The van der Waals surface area contributed by atoms with Crippen LogP contribution in [-0.4, -0.2) is 29.1 Å². The average Bonchev–Trinajstić information content (AvgIpc) is 2.91. The van der Waals surface area contributed by atoms with Gasteiger partial charge in [-0.2, -0.15) is 0 Å². The summed E-state index contributed by atoms with van der Waals surface area (Å²) in [6, 6.07) is 5.22. The molecular formula is C12H11N3O3. The summed E-state index contributed by atoms with van der Waals surface area (Å²) in [6.45, 7) is 0.939. The van der Waals surface area contributed by atoms with Crippen LogP contribution in [0.25, 0.3) is 0 Å². The van der Waals surface area contributed by atoms with Gasteiger partial charge in [-0.05, 0) is 12.1 Å². The minimum absolute atomic E-state index is 0.285. The fraction of sp³-hybridized carbons (Fsp3) is 0.167. The third-order valence-corrected chi connectivity index (χ3v) is 2.54. The van der Waals surface area contributed by atoms with Gasteiger partial charge in [0.25, 0.3) is 5.91 Å².